The van der Waals surface area contributed by atoms with Gasteiger partial charge >= 0.3 is 0 Å². The fourth-order valence-electron chi connectivity index (χ4n) is 2.81. The summed E-state index contributed by atoms with van der Waals surface area (Å²) in [5, 5.41) is 3.55. The second kappa shape index (κ2) is 4.65. The second-order valence-corrected chi connectivity index (χ2v) is 5.51. The van der Waals surface area contributed by atoms with Gasteiger partial charge in [-0.1, -0.05) is 30.3 Å². The van der Waals surface area contributed by atoms with Crippen molar-refractivity contribution in [3.8, 4) is 0 Å². The van der Waals surface area contributed by atoms with Crippen LogP contribution in [-0.4, -0.2) is 25.5 Å². The Labute approximate surface area is 108 Å². The Balaban J connectivity index is 1.54. The molecule has 0 atom stereocenters. The molecule has 3 heteroatoms. The number of ether oxygens (including phenoxy) is 2. The van der Waals surface area contributed by atoms with Gasteiger partial charge in [0.15, 0.2) is 5.79 Å². The first-order chi connectivity index (χ1) is 8.74. The topological polar surface area (TPSA) is 30.5 Å². The van der Waals surface area contributed by atoms with Crippen molar-refractivity contribution in [2.45, 2.75) is 32.1 Å². The van der Waals surface area contributed by atoms with E-state index in [2.05, 4.69) is 36.5 Å². The van der Waals surface area contributed by atoms with Crippen LogP contribution < -0.4 is 5.32 Å². The van der Waals surface area contributed by atoms with Crippen LogP contribution in [0.3, 0.4) is 0 Å². The van der Waals surface area contributed by atoms with Crippen LogP contribution in [0.25, 0.3) is 0 Å². The molecule has 1 saturated carbocycles. The summed E-state index contributed by atoms with van der Waals surface area (Å²) in [6.45, 7) is 5.45. The minimum absolute atomic E-state index is 0.193. The maximum Gasteiger partial charge on any atom is 0.172 e. The average molecular weight is 247 g/mol. The lowest BCUT2D eigenvalue weighted by molar-refractivity contribution is -0.191. The summed E-state index contributed by atoms with van der Waals surface area (Å²) in [7, 11) is 0. The second-order valence-electron chi connectivity index (χ2n) is 5.51. The third-order valence-electron chi connectivity index (χ3n) is 4.29. The van der Waals surface area contributed by atoms with E-state index >= 15 is 0 Å². The molecule has 1 heterocycles. The first kappa shape index (κ1) is 12.2. The maximum absolute atomic E-state index is 5.81. The van der Waals surface area contributed by atoms with Crippen molar-refractivity contribution < 1.29 is 9.47 Å². The highest BCUT2D eigenvalue weighted by atomic mass is 16.7. The van der Waals surface area contributed by atoms with Gasteiger partial charge in [-0.05, 0) is 25.3 Å². The predicted molar refractivity (Wildman–Crippen MR) is 70.1 cm³/mol. The highest BCUT2D eigenvalue weighted by molar-refractivity contribution is 5.14. The lowest BCUT2D eigenvalue weighted by Gasteiger charge is -2.32. The number of hydrogen-bond acceptors (Lipinski definition) is 3. The Kier molecular flexibility index (Phi) is 3.14. The van der Waals surface area contributed by atoms with Gasteiger partial charge in [0.1, 0.15) is 0 Å². The molecule has 0 radical (unpaired) electrons. The molecule has 18 heavy (non-hydrogen) atoms. The Morgan fingerprint density at radius 1 is 1.11 bits per heavy atom. The quantitative estimate of drug-likeness (QED) is 0.866. The summed E-state index contributed by atoms with van der Waals surface area (Å²) >= 11 is 0. The highest BCUT2D eigenvalue weighted by Gasteiger charge is 2.60. The predicted octanol–water partition coefficient (Wildman–Crippen LogP) is 2.32. The van der Waals surface area contributed by atoms with Crippen molar-refractivity contribution >= 4 is 0 Å². The Bertz CT molecular complexity index is 394. The summed E-state index contributed by atoms with van der Waals surface area (Å²) in [4.78, 5) is 0. The zero-order valence-corrected chi connectivity index (χ0v) is 10.9. The molecule has 1 aromatic carbocycles. The van der Waals surface area contributed by atoms with Gasteiger partial charge in [-0.25, -0.2) is 0 Å². The Morgan fingerprint density at radius 2 is 1.78 bits per heavy atom. The van der Waals surface area contributed by atoms with Gasteiger partial charge in [-0.2, -0.15) is 0 Å². The van der Waals surface area contributed by atoms with Crippen molar-refractivity contribution in [2.75, 3.05) is 19.8 Å². The smallest absolute Gasteiger partial charge is 0.172 e. The first-order valence-electron chi connectivity index (χ1n) is 6.77. The molecule has 2 aliphatic rings. The molecule has 3 rings (SSSR count). The monoisotopic (exact) mass is 247 g/mol. The van der Waals surface area contributed by atoms with Gasteiger partial charge in [0.25, 0.3) is 0 Å². The van der Waals surface area contributed by atoms with Gasteiger partial charge in [0.05, 0.1) is 13.2 Å². The van der Waals surface area contributed by atoms with Crippen LogP contribution in [0.2, 0.25) is 0 Å². The zero-order chi connectivity index (χ0) is 12.5. The van der Waals surface area contributed by atoms with E-state index in [-0.39, 0.29) is 11.2 Å². The van der Waals surface area contributed by atoms with Gasteiger partial charge in [-0.3, -0.25) is 0 Å². The van der Waals surface area contributed by atoms with Gasteiger partial charge in [-0.15, -0.1) is 0 Å². The van der Waals surface area contributed by atoms with E-state index in [0.29, 0.717) is 0 Å². The minimum Gasteiger partial charge on any atom is -0.347 e. The molecule has 1 aliphatic carbocycles. The van der Waals surface area contributed by atoms with E-state index in [1.807, 2.05) is 6.07 Å². The first-order valence-corrected chi connectivity index (χ1v) is 6.77. The molecule has 98 valence electrons. The molecule has 1 saturated heterocycles. The molecule has 1 aliphatic heterocycles. The number of rotatable bonds is 5. The van der Waals surface area contributed by atoms with Crippen molar-refractivity contribution in [3.05, 3.63) is 35.9 Å². The zero-order valence-electron chi connectivity index (χ0n) is 10.9. The maximum atomic E-state index is 5.81. The summed E-state index contributed by atoms with van der Waals surface area (Å²) in [6, 6.07) is 10.5. The van der Waals surface area contributed by atoms with Crippen LogP contribution in [0, 0.1) is 5.41 Å². The molecular weight excluding hydrogens is 226 g/mol. The van der Waals surface area contributed by atoms with E-state index in [1.165, 1.54) is 18.4 Å². The van der Waals surface area contributed by atoms with E-state index < -0.39 is 0 Å². The highest BCUT2D eigenvalue weighted by Crippen LogP contribution is 2.56. The molecule has 0 amide bonds. The molecule has 0 spiro atoms. The van der Waals surface area contributed by atoms with Crippen molar-refractivity contribution in [2.24, 2.45) is 5.41 Å². The van der Waals surface area contributed by atoms with Gasteiger partial charge < -0.3 is 14.8 Å². The molecule has 3 nitrogen and oxygen atoms in total. The van der Waals surface area contributed by atoms with E-state index in [4.69, 9.17) is 9.47 Å². The average Bonchev–Trinajstić information content (AvgIpc) is 3.06. The number of benzene rings is 1. The third-order valence-corrected chi connectivity index (χ3v) is 4.29. The number of nitrogens with one attached hydrogen (secondary N) is 1. The Morgan fingerprint density at radius 3 is 2.39 bits per heavy atom. The van der Waals surface area contributed by atoms with Crippen LogP contribution in [0.15, 0.2) is 30.3 Å². The van der Waals surface area contributed by atoms with Crippen molar-refractivity contribution in [3.63, 3.8) is 0 Å². The van der Waals surface area contributed by atoms with Crippen LogP contribution >= 0.6 is 0 Å². The van der Waals surface area contributed by atoms with E-state index in [0.717, 1.165) is 26.3 Å². The molecule has 1 N–H and O–H groups in total. The van der Waals surface area contributed by atoms with Crippen LogP contribution in [-0.2, 0) is 16.0 Å². The lowest BCUT2D eigenvalue weighted by Crippen LogP contribution is -2.43. The van der Waals surface area contributed by atoms with Gasteiger partial charge in [0.2, 0.25) is 0 Å². The molecule has 0 aromatic heterocycles. The fourth-order valence-corrected chi connectivity index (χ4v) is 2.81. The van der Waals surface area contributed by atoms with Crippen molar-refractivity contribution in [1.82, 2.24) is 5.32 Å². The van der Waals surface area contributed by atoms with E-state index in [1.54, 1.807) is 0 Å². The largest absolute Gasteiger partial charge is 0.347 e. The fraction of sp³-hybridized carbons (Fsp3) is 0.600. The standard InChI is InChI=1S/C15H21NO2/c1-14(17-9-10-18-14)15(7-8-15)12-16-11-13-5-3-2-4-6-13/h2-6,16H,7-12H2,1H3. The summed E-state index contributed by atoms with van der Waals surface area (Å²) < 4.78 is 11.6. The lowest BCUT2D eigenvalue weighted by atomic mass is 9.96. The summed E-state index contributed by atoms with van der Waals surface area (Å²) in [5.74, 6) is -0.364. The molecule has 1 aromatic rings. The molecular formula is C15H21NO2. The minimum atomic E-state index is -0.364. The number of hydrogen-bond donors (Lipinski definition) is 1. The third kappa shape index (κ3) is 2.18. The SMILES string of the molecule is CC1(C2(CNCc3ccccc3)CC2)OCCO1. The normalized spacial score (nSPS) is 24.1. The summed E-state index contributed by atoms with van der Waals surface area (Å²) in [5.41, 5.74) is 1.52. The molecule has 2 fully saturated rings. The van der Waals surface area contributed by atoms with Crippen LogP contribution in [0.5, 0.6) is 0 Å². The molecule has 0 unspecified atom stereocenters. The van der Waals surface area contributed by atoms with Crippen LogP contribution in [0.4, 0.5) is 0 Å². The van der Waals surface area contributed by atoms with E-state index in [9.17, 15) is 0 Å². The van der Waals surface area contributed by atoms with Crippen LogP contribution in [0.1, 0.15) is 25.3 Å². The van der Waals surface area contributed by atoms with Crippen molar-refractivity contribution in [1.29, 1.82) is 0 Å². The molecule has 0 bridgehead atoms. The summed E-state index contributed by atoms with van der Waals surface area (Å²) in [6.07, 6.45) is 2.40. The van der Waals surface area contributed by atoms with Gasteiger partial charge in [0, 0.05) is 18.5 Å². The Hall–Kier alpha value is -0.900.